The van der Waals surface area contributed by atoms with Crippen molar-refractivity contribution in [3.8, 4) is 0 Å². The zero-order chi connectivity index (χ0) is 20.4. The van der Waals surface area contributed by atoms with Crippen LogP contribution in [0.1, 0.15) is 37.5 Å². The quantitative estimate of drug-likeness (QED) is 0.802. The molecule has 7 nitrogen and oxygen atoms in total. The number of fused-ring (bicyclic) bond motifs is 1. The number of carbonyl (C=O) groups is 2. The van der Waals surface area contributed by atoms with Crippen LogP contribution in [0.3, 0.4) is 0 Å². The van der Waals surface area contributed by atoms with Crippen molar-refractivity contribution < 1.29 is 19.1 Å². The number of aromatic nitrogens is 1. The van der Waals surface area contributed by atoms with Gasteiger partial charge in [-0.3, -0.25) is 4.79 Å². The average molecular weight is 374 g/mol. The number of nitrogens with one attached hydrogen (secondary N) is 2. The van der Waals surface area contributed by atoms with E-state index in [1.807, 2.05) is 26.0 Å². The van der Waals surface area contributed by atoms with Gasteiger partial charge in [-0.2, -0.15) is 0 Å². The van der Waals surface area contributed by atoms with Crippen LogP contribution in [-0.4, -0.2) is 35.8 Å². The molecule has 0 aliphatic rings. The smallest absolute Gasteiger partial charge is 0.408 e. The number of aryl methyl sites for hydroxylation is 2. The highest BCUT2D eigenvalue weighted by Gasteiger charge is 2.26. The van der Waals surface area contributed by atoms with Gasteiger partial charge >= 0.3 is 12.1 Å². The fourth-order valence-corrected chi connectivity index (χ4v) is 2.68. The summed E-state index contributed by atoms with van der Waals surface area (Å²) in [6.45, 7) is 9.12. The zero-order valence-corrected chi connectivity index (χ0v) is 16.6. The molecule has 1 heterocycles. The molecule has 1 aromatic heterocycles. The molecule has 0 aliphatic heterocycles. The minimum Gasteiger partial charge on any atom is -0.467 e. The number of benzene rings is 1. The Morgan fingerprint density at radius 2 is 1.78 bits per heavy atom. The summed E-state index contributed by atoms with van der Waals surface area (Å²) in [6, 6.07) is 4.58. The van der Waals surface area contributed by atoms with Crippen molar-refractivity contribution in [3.05, 3.63) is 45.2 Å². The lowest BCUT2D eigenvalue weighted by molar-refractivity contribution is -0.143. The van der Waals surface area contributed by atoms with E-state index in [0.29, 0.717) is 5.56 Å². The highest BCUT2D eigenvalue weighted by Crippen LogP contribution is 2.18. The van der Waals surface area contributed by atoms with Gasteiger partial charge in [-0.25, -0.2) is 9.59 Å². The second kappa shape index (κ2) is 7.82. The van der Waals surface area contributed by atoms with E-state index in [2.05, 4.69) is 10.3 Å². The van der Waals surface area contributed by atoms with Gasteiger partial charge in [0.2, 0.25) is 0 Å². The zero-order valence-electron chi connectivity index (χ0n) is 16.6. The van der Waals surface area contributed by atoms with Crippen molar-refractivity contribution in [1.82, 2.24) is 10.3 Å². The number of H-pyrrole nitrogens is 1. The van der Waals surface area contributed by atoms with Crippen molar-refractivity contribution >= 4 is 23.0 Å². The van der Waals surface area contributed by atoms with E-state index in [1.54, 1.807) is 26.8 Å². The molecule has 0 aliphatic carbocycles. The first-order chi connectivity index (χ1) is 12.5. The molecular formula is C20H26N2O5. The number of alkyl carbamates (subject to hydrolysis) is 1. The Hall–Kier alpha value is -2.83. The number of hydrogen-bond donors (Lipinski definition) is 2. The molecule has 1 unspecified atom stereocenters. The topological polar surface area (TPSA) is 97.5 Å². The lowest BCUT2D eigenvalue weighted by atomic mass is 10.0. The third-order valence-electron chi connectivity index (χ3n) is 4.14. The summed E-state index contributed by atoms with van der Waals surface area (Å²) in [5, 5.41) is 3.34. The summed E-state index contributed by atoms with van der Waals surface area (Å²) >= 11 is 0. The van der Waals surface area contributed by atoms with Gasteiger partial charge in [-0.1, -0.05) is 0 Å². The Morgan fingerprint density at radius 3 is 2.37 bits per heavy atom. The fourth-order valence-electron chi connectivity index (χ4n) is 2.68. The molecule has 2 aromatic rings. The van der Waals surface area contributed by atoms with E-state index < -0.39 is 23.7 Å². The molecule has 27 heavy (non-hydrogen) atoms. The number of methoxy groups -OCH3 is 1. The summed E-state index contributed by atoms with van der Waals surface area (Å²) in [5.41, 5.74) is 2.24. The van der Waals surface area contributed by atoms with Crippen LogP contribution in [0.5, 0.6) is 0 Å². The number of aromatic amines is 1. The maximum Gasteiger partial charge on any atom is 0.408 e. The first-order valence-electron chi connectivity index (χ1n) is 8.70. The van der Waals surface area contributed by atoms with Crippen molar-refractivity contribution in [2.24, 2.45) is 0 Å². The summed E-state index contributed by atoms with van der Waals surface area (Å²) in [7, 11) is 1.23. The van der Waals surface area contributed by atoms with Gasteiger partial charge in [-0.15, -0.1) is 0 Å². The van der Waals surface area contributed by atoms with Gasteiger partial charge in [0, 0.05) is 17.5 Å². The number of carbonyl (C=O) groups excluding carboxylic acids is 2. The third-order valence-corrected chi connectivity index (χ3v) is 4.14. The number of ether oxygens (including phenoxy) is 2. The predicted molar refractivity (Wildman–Crippen MR) is 103 cm³/mol. The monoisotopic (exact) mass is 374 g/mol. The van der Waals surface area contributed by atoms with Gasteiger partial charge in [0.15, 0.2) is 0 Å². The Balaban J connectivity index is 2.32. The van der Waals surface area contributed by atoms with Crippen molar-refractivity contribution in [1.29, 1.82) is 0 Å². The van der Waals surface area contributed by atoms with Crippen LogP contribution in [0.25, 0.3) is 10.9 Å². The normalized spacial score (nSPS) is 12.5. The number of rotatable bonds is 4. The molecule has 2 N–H and O–H groups in total. The van der Waals surface area contributed by atoms with Crippen molar-refractivity contribution in [2.75, 3.05) is 7.11 Å². The second-order valence-electron chi connectivity index (χ2n) is 7.57. The lowest BCUT2D eigenvalue weighted by Gasteiger charge is -2.22. The number of amides is 1. The summed E-state index contributed by atoms with van der Waals surface area (Å²) < 4.78 is 9.94. The van der Waals surface area contributed by atoms with E-state index in [9.17, 15) is 14.4 Å². The highest BCUT2D eigenvalue weighted by molar-refractivity contribution is 5.83. The average Bonchev–Trinajstić information content (AvgIpc) is 2.54. The first kappa shape index (κ1) is 20.5. The van der Waals surface area contributed by atoms with Crippen LogP contribution < -0.4 is 10.9 Å². The van der Waals surface area contributed by atoms with E-state index in [1.165, 1.54) is 7.11 Å². The molecule has 0 saturated carbocycles. The lowest BCUT2D eigenvalue weighted by Crippen LogP contribution is -2.45. The summed E-state index contributed by atoms with van der Waals surface area (Å²) in [6.07, 6.45) is -0.758. The Kier molecular flexibility index (Phi) is 5.93. The summed E-state index contributed by atoms with van der Waals surface area (Å²) in [5.74, 6) is -0.652. The van der Waals surface area contributed by atoms with Gasteiger partial charge < -0.3 is 19.8 Å². The number of pyridine rings is 1. The molecule has 1 aromatic carbocycles. The van der Waals surface area contributed by atoms with Gasteiger partial charge in [-0.05, 0) is 69.3 Å². The molecule has 146 valence electrons. The first-order valence-corrected chi connectivity index (χ1v) is 8.70. The van der Waals surface area contributed by atoms with Gasteiger partial charge in [0.05, 0.1) is 7.11 Å². The Bertz CT molecular complexity index is 924. The minimum atomic E-state index is -1.03. The van der Waals surface area contributed by atoms with Crippen LogP contribution in [-0.2, 0) is 20.7 Å². The fraction of sp³-hybridized carbons (Fsp3) is 0.450. The SMILES string of the molecule is COC(=O)C(Cc1cc2cc(C)c(C)cc2[nH]c1=O)NC(=O)OC(C)(C)C. The molecule has 1 amide bonds. The largest absolute Gasteiger partial charge is 0.467 e. The summed E-state index contributed by atoms with van der Waals surface area (Å²) in [4.78, 5) is 39.4. The second-order valence-corrected chi connectivity index (χ2v) is 7.57. The third kappa shape index (κ3) is 5.32. The molecule has 0 saturated heterocycles. The molecule has 0 fully saturated rings. The van der Waals surface area contributed by atoms with E-state index in [-0.39, 0.29) is 12.0 Å². The standard InChI is InChI=1S/C20H26N2O5/c1-11-7-13-9-14(17(23)21-15(13)8-12(11)2)10-16(18(24)26-6)22-19(25)27-20(3,4)5/h7-9,16H,10H2,1-6H3,(H,21,23)(H,22,25). The van der Waals surface area contributed by atoms with E-state index in [4.69, 9.17) is 9.47 Å². The van der Waals surface area contributed by atoms with Crippen LogP contribution in [0, 0.1) is 13.8 Å². The minimum absolute atomic E-state index is 0.00981. The van der Waals surface area contributed by atoms with Gasteiger partial charge in [0.25, 0.3) is 5.56 Å². The van der Waals surface area contributed by atoms with Crippen molar-refractivity contribution in [2.45, 2.75) is 52.7 Å². The molecular weight excluding hydrogens is 348 g/mol. The van der Waals surface area contributed by atoms with Crippen LogP contribution in [0.15, 0.2) is 23.0 Å². The van der Waals surface area contributed by atoms with Crippen molar-refractivity contribution in [3.63, 3.8) is 0 Å². The Morgan fingerprint density at radius 1 is 1.15 bits per heavy atom. The van der Waals surface area contributed by atoms with Crippen LogP contribution in [0.2, 0.25) is 0 Å². The highest BCUT2D eigenvalue weighted by atomic mass is 16.6. The van der Waals surface area contributed by atoms with Gasteiger partial charge in [0.1, 0.15) is 11.6 Å². The van der Waals surface area contributed by atoms with E-state index in [0.717, 1.165) is 22.0 Å². The number of hydrogen-bond acceptors (Lipinski definition) is 5. The molecule has 2 rings (SSSR count). The molecule has 0 radical (unpaired) electrons. The predicted octanol–water partition coefficient (Wildman–Crippen LogP) is 2.75. The number of esters is 1. The molecule has 0 bridgehead atoms. The maximum atomic E-state index is 12.4. The van der Waals surface area contributed by atoms with Crippen LogP contribution >= 0.6 is 0 Å². The maximum absolute atomic E-state index is 12.4. The van der Waals surface area contributed by atoms with E-state index >= 15 is 0 Å². The Labute approximate surface area is 158 Å². The van der Waals surface area contributed by atoms with Crippen LogP contribution in [0.4, 0.5) is 4.79 Å². The molecule has 7 heteroatoms. The molecule has 0 spiro atoms. The molecule has 1 atom stereocenters.